The van der Waals surface area contributed by atoms with E-state index in [1.807, 2.05) is 60.0 Å². The Bertz CT molecular complexity index is 1610. The fraction of sp³-hybridized carbons (Fsp3) is 0.179. The van der Waals surface area contributed by atoms with Gasteiger partial charge in [-0.25, -0.2) is 4.98 Å². The zero-order valence-electron chi connectivity index (χ0n) is 22.6. The molecule has 0 aliphatic carbocycles. The number of pyridine rings is 1. The van der Waals surface area contributed by atoms with Crippen LogP contribution in [0.15, 0.2) is 83.5 Å². The fourth-order valence-corrected chi connectivity index (χ4v) is 4.22. The third-order valence-corrected chi connectivity index (χ3v) is 5.98. The van der Waals surface area contributed by atoms with Gasteiger partial charge in [0.1, 0.15) is 17.3 Å². The lowest BCUT2D eigenvalue weighted by atomic mass is 9.88. The minimum Gasteiger partial charge on any atom is -0.457 e. The van der Waals surface area contributed by atoms with E-state index < -0.39 is 12.3 Å². The number of halogens is 1. The number of aryl methyl sites for hydroxylation is 1. The summed E-state index contributed by atoms with van der Waals surface area (Å²) in [4.78, 5) is 4.66. The zero-order chi connectivity index (χ0) is 26.4. The third-order valence-electron chi connectivity index (χ3n) is 5.49. The standard InChI is InChI=1S/C28H25BrN2O/c1-18-9-10-20(29)16-26(18)32-21-11-12-23-22-7-5-6-8-24(22)31(25(23)17-21)27-15-19(13-14-30-27)28(2,3)4/h5-17H,1-4H3/i1D3,2D,3D. The fourth-order valence-electron chi connectivity index (χ4n) is 3.88. The van der Waals surface area contributed by atoms with Crippen molar-refractivity contribution >= 4 is 37.7 Å². The summed E-state index contributed by atoms with van der Waals surface area (Å²) in [5.41, 5.74) is 2.24. The van der Waals surface area contributed by atoms with Gasteiger partial charge in [0.15, 0.2) is 0 Å². The Morgan fingerprint density at radius 1 is 0.938 bits per heavy atom. The van der Waals surface area contributed by atoms with E-state index in [2.05, 4.69) is 27.0 Å². The first kappa shape index (κ1) is 15.7. The molecule has 0 amide bonds. The number of aromatic nitrogens is 2. The maximum atomic E-state index is 8.01. The van der Waals surface area contributed by atoms with Crippen molar-refractivity contribution in [2.24, 2.45) is 0 Å². The lowest BCUT2D eigenvalue weighted by molar-refractivity contribution is 0.479. The van der Waals surface area contributed by atoms with E-state index in [9.17, 15) is 0 Å². The van der Waals surface area contributed by atoms with Gasteiger partial charge in [-0.05, 0) is 65.9 Å². The minimum absolute atomic E-state index is 0.101. The Morgan fingerprint density at radius 2 is 1.78 bits per heavy atom. The van der Waals surface area contributed by atoms with Crippen molar-refractivity contribution in [1.82, 2.24) is 9.55 Å². The molecule has 0 saturated carbocycles. The summed E-state index contributed by atoms with van der Waals surface area (Å²) < 4.78 is 48.6. The number of nitrogens with zero attached hydrogens (tertiary/aromatic N) is 2. The number of para-hydroxylation sites is 1. The average molecular weight is 490 g/mol. The Morgan fingerprint density at radius 3 is 2.62 bits per heavy atom. The van der Waals surface area contributed by atoms with Gasteiger partial charge in [-0.2, -0.15) is 0 Å². The molecule has 3 aromatic carbocycles. The smallest absolute Gasteiger partial charge is 0.137 e. The van der Waals surface area contributed by atoms with Crippen LogP contribution in [-0.2, 0) is 5.41 Å². The van der Waals surface area contributed by atoms with Crippen molar-refractivity contribution in [3.63, 3.8) is 0 Å². The first-order valence-corrected chi connectivity index (χ1v) is 11.0. The van der Waals surface area contributed by atoms with Gasteiger partial charge in [-0.15, -0.1) is 0 Å². The molecule has 4 heteroatoms. The van der Waals surface area contributed by atoms with Gasteiger partial charge in [0, 0.05) is 34.4 Å². The molecule has 160 valence electrons. The molecule has 0 aliphatic rings. The van der Waals surface area contributed by atoms with Gasteiger partial charge in [-0.1, -0.05) is 60.9 Å². The molecular weight excluding hydrogens is 460 g/mol. The zero-order valence-corrected chi connectivity index (χ0v) is 19.2. The SMILES string of the molecule is [2H]CC(C)(C[2H])c1ccnc(-n2c3ccccc3c3ccc(Oc4cc(Br)ccc4C([2H])([2H])[2H])cc32)c1. The molecule has 0 atom stereocenters. The number of hydrogen-bond acceptors (Lipinski definition) is 2. The van der Waals surface area contributed by atoms with Crippen LogP contribution in [0.1, 0.15) is 38.7 Å². The highest BCUT2D eigenvalue weighted by Crippen LogP contribution is 2.36. The van der Waals surface area contributed by atoms with Crippen molar-refractivity contribution in [2.45, 2.75) is 33.0 Å². The number of rotatable bonds is 3. The van der Waals surface area contributed by atoms with E-state index in [-0.39, 0.29) is 25.1 Å². The summed E-state index contributed by atoms with van der Waals surface area (Å²) in [5, 5.41) is 2.05. The van der Waals surface area contributed by atoms with E-state index >= 15 is 0 Å². The van der Waals surface area contributed by atoms with Gasteiger partial charge in [0.25, 0.3) is 0 Å². The summed E-state index contributed by atoms with van der Waals surface area (Å²) in [5.74, 6) is 1.44. The lowest BCUT2D eigenvalue weighted by Crippen LogP contribution is -2.12. The van der Waals surface area contributed by atoms with Crippen LogP contribution >= 0.6 is 15.9 Å². The van der Waals surface area contributed by atoms with Gasteiger partial charge in [0.05, 0.1) is 11.0 Å². The average Bonchev–Trinajstić information content (AvgIpc) is 3.21. The van der Waals surface area contributed by atoms with E-state index in [1.54, 1.807) is 24.4 Å². The summed E-state index contributed by atoms with van der Waals surface area (Å²) in [6, 6.07) is 22.5. The first-order valence-electron chi connectivity index (χ1n) is 13.1. The topological polar surface area (TPSA) is 27.1 Å². The second-order valence-corrected chi connectivity index (χ2v) is 9.15. The quantitative estimate of drug-likeness (QED) is 0.254. The van der Waals surface area contributed by atoms with Gasteiger partial charge in [-0.3, -0.25) is 4.57 Å². The van der Waals surface area contributed by atoms with Crippen LogP contribution in [0.25, 0.3) is 27.6 Å². The van der Waals surface area contributed by atoms with Crippen LogP contribution in [0.5, 0.6) is 11.5 Å². The number of fused-ring (bicyclic) bond motifs is 3. The maximum absolute atomic E-state index is 8.01. The molecule has 3 nitrogen and oxygen atoms in total. The maximum Gasteiger partial charge on any atom is 0.137 e. The van der Waals surface area contributed by atoms with Crippen molar-refractivity contribution in [1.29, 1.82) is 0 Å². The molecule has 2 aromatic heterocycles. The summed E-state index contributed by atoms with van der Waals surface area (Å²) in [6.45, 7) is -0.195. The molecule has 5 aromatic rings. The highest BCUT2D eigenvalue weighted by Gasteiger charge is 2.18. The van der Waals surface area contributed by atoms with E-state index in [0.717, 1.165) is 31.8 Å². The molecule has 0 fully saturated rings. The molecular formula is C28H25BrN2O. The second-order valence-electron chi connectivity index (χ2n) is 8.24. The van der Waals surface area contributed by atoms with Gasteiger partial charge >= 0.3 is 0 Å². The number of benzene rings is 3. The minimum atomic E-state index is -2.32. The van der Waals surface area contributed by atoms with Crippen LogP contribution < -0.4 is 4.74 Å². The van der Waals surface area contributed by atoms with Crippen molar-refractivity contribution in [2.75, 3.05) is 0 Å². The molecule has 0 N–H and O–H groups in total. The van der Waals surface area contributed by atoms with Crippen LogP contribution in [0.2, 0.25) is 0 Å². The van der Waals surface area contributed by atoms with E-state index in [4.69, 9.17) is 11.6 Å². The molecule has 0 bridgehead atoms. The predicted molar refractivity (Wildman–Crippen MR) is 136 cm³/mol. The van der Waals surface area contributed by atoms with Crippen LogP contribution in [0.3, 0.4) is 0 Å². The highest BCUT2D eigenvalue weighted by molar-refractivity contribution is 9.10. The largest absolute Gasteiger partial charge is 0.457 e. The number of ether oxygens (including phenoxy) is 1. The van der Waals surface area contributed by atoms with Gasteiger partial charge in [0.2, 0.25) is 0 Å². The first-order chi connectivity index (χ1) is 17.6. The molecule has 5 rings (SSSR count). The predicted octanol–water partition coefficient (Wildman–Crippen LogP) is 8.34. The molecule has 0 unspecified atom stereocenters. The normalized spacial score (nSPS) is 14.5. The van der Waals surface area contributed by atoms with Crippen LogP contribution in [0, 0.1) is 6.85 Å². The molecule has 0 aliphatic heterocycles. The van der Waals surface area contributed by atoms with E-state index in [0.29, 0.717) is 11.6 Å². The second kappa shape index (κ2) is 7.79. The highest BCUT2D eigenvalue weighted by atomic mass is 79.9. The molecule has 32 heavy (non-hydrogen) atoms. The van der Waals surface area contributed by atoms with Crippen LogP contribution in [0.4, 0.5) is 0 Å². The van der Waals surface area contributed by atoms with Crippen molar-refractivity contribution in [3.05, 3.63) is 94.6 Å². The van der Waals surface area contributed by atoms with Crippen molar-refractivity contribution in [3.8, 4) is 17.3 Å². The summed E-state index contributed by atoms with van der Waals surface area (Å²) >= 11 is 3.41. The monoisotopic (exact) mass is 489 g/mol. The lowest BCUT2D eigenvalue weighted by Gasteiger charge is -2.20. The molecule has 0 radical (unpaired) electrons. The van der Waals surface area contributed by atoms with Crippen LogP contribution in [-0.4, -0.2) is 9.55 Å². The molecule has 0 saturated heterocycles. The molecule has 2 heterocycles. The molecule has 0 spiro atoms. The Labute approximate surface area is 203 Å². The van der Waals surface area contributed by atoms with Gasteiger partial charge < -0.3 is 4.74 Å². The Kier molecular flexibility index (Phi) is 3.81. The summed E-state index contributed by atoms with van der Waals surface area (Å²) in [7, 11) is 0. The third kappa shape index (κ3) is 3.69. The van der Waals surface area contributed by atoms with E-state index in [1.165, 1.54) is 0 Å². The number of hydrogen-bond donors (Lipinski definition) is 0. The van der Waals surface area contributed by atoms with Crippen molar-refractivity contribution < 1.29 is 11.6 Å². The Hall–Kier alpha value is -3.11. The Balaban J connectivity index is 1.70. The summed E-state index contributed by atoms with van der Waals surface area (Å²) in [6.07, 6.45) is 1.72.